The van der Waals surface area contributed by atoms with Crippen LogP contribution < -0.4 is 5.32 Å². The highest BCUT2D eigenvalue weighted by atomic mass is 35.5. The minimum Gasteiger partial charge on any atom is -0.478 e. The van der Waals surface area contributed by atoms with Gasteiger partial charge in [-0.3, -0.25) is 0 Å². The summed E-state index contributed by atoms with van der Waals surface area (Å²) < 4.78 is 19.6. The number of carboxylic acid groups (broad SMARTS) is 1. The van der Waals surface area contributed by atoms with Gasteiger partial charge >= 0.3 is 5.97 Å². The molecule has 3 aromatic carbocycles. The fraction of sp³-hybridized carbons (Fsp3) is 0.345. The highest BCUT2D eigenvalue weighted by Crippen LogP contribution is 2.24. The third kappa shape index (κ3) is 8.14. The number of hydrogen-bond acceptors (Lipinski definition) is 4. The number of carbonyl (C=O) groups is 1. The third-order valence-corrected chi connectivity index (χ3v) is 6.28. The number of β-amino-alcohol motifs (C(OH)–C–C–N with tert-alkyl or cyclic N) is 1. The Morgan fingerprint density at radius 2 is 1.81 bits per heavy atom. The predicted octanol–water partition coefficient (Wildman–Crippen LogP) is 5.76. The van der Waals surface area contributed by atoms with Gasteiger partial charge in [-0.05, 0) is 74.1 Å². The largest absolute Gasteiger partial charge is 0.478 e. The summed E-state index contributed by atoms with van der Waals surface area (Å²) in [7, 11) is 0. The molecule has 0 aliphatic heterocycles. The maximum absolute atomic E-state index is 13.7. The molecular weight excluding hydrogens is 481 g/mol. The zero-order chi connectivity index (χ0) is 26.3. The Bertz CT molecular complexity index is 1170. The number of hydrogen-bond donors (Lipinski definition) is 3. The lowest BCUT2D eigenvalue weighted by Crippen LogP contribution is -2.46. The standard InChI is InChI=1S/C29H33ClFNO4/c1-19(13-23-15-22(10-11-25(23)28(34)35)21-7-5-4-6-8-21)36-18-24(33)17-32-29(2,3)16-20-9-12-26(30)27(31)14-20/h4-12,14-15,19,24,32-33H,13,16-18H2,1-3H3,(H,34,35)/t19?,24-/m1/s1. The van der Waals surface area contributed by atoms with E-state index in [0.717, 1.165) is 16.7 Å². The van der Waals surface area contributed by atoms with Crippen molar-refractivity contribution < 1.29 is 24.1 Å². The van der Waals surface area contributed by atoms with Gasteiger partial charge in [-0.2, -0.15) is 0 Å². The van der Waals surface area contributed by atoms with E-state index in [1.165, 1.54) is 12.1 Å². The molecule has 3 aromatic rings. The highest BCUT2D eigenvalue weighted by molar-refractivity contribution is 6.30. The van der Waals surface area contributed by atoms with Crippen molar-refractivity contribution >= 4 is 17.6 Å². The first-order chi connectivity index (χ1) is 17.0. The van der Waals surface area contributed by atoms with Gasteiger partial charge in [0.2, 0.25) is 0 Å². The molecule has 3 N–H and O–H groups in total. The lowest BCUT2D eigenvalue weighted by molar-refractivity contribution is -0.00289. The molecule has 0 aromatic heterocycles. The van der Waals surface area contributed by atoms with Crippen molar-refractivity contribution in [3.05, 3.63) is 94.3 Å². The molecule has 5 nitrogen and oxygen atoms in total. The molecule has 192 valence electrons. The maximum atomic E-state index is 13.7. The molecule has 1 unspecified atom stereocenters. The van der Waals surface area contributed by atoms with E-state index in [9.17, 15) is 19.4 Å². The zero-order valence-electron chi connectivity index (χ0n) is 20.8. The summed E-state index contributed by atoms with van der Waals surface area (Å²) in [6.45, 7) is 6.20. The number of ether oxygens (including phenoxy) is 1. The fourth-order valence-corrected chi connectivity index (χ4v) is 4.22. The number of aliphatic hydroxyl groups is 1. The smallest absolute Gasteiger partial charge is 0.335 e. The molecule has 0 heterocycles. The Labute approximate surface area is 216 Å². The second kappa shape index (κ2) is 12.5. The van der Waals surface area contributed by atoms with Gasteiger partial charge in [0.15, 0.2) is 0 Å². The van der Waals surface area contributed by atoms with Crippen molar-refractivity contribution in [2.75, 3.05) is 13.2 Å². The molecule has 0 amide bonds. The molecule has 2 atom stereocenters. The van der Waals surface area contributed by atoms with Gasteiger partial charge in [0.1, 0.15) is 5.82 Å². The number of rotatable bonds is 12. The number of aliphatic hydroxyl groups excluding tert-OH is 1. The molecule has 0 spiro atoms. The lowest BCUT2D eigenvalue weighted by Gasteiger charge is -2.28. The molecule has 0 radical (unpaired) electrons. The quantitative estimate of drug-likeness (QED) is 0.287. The van der Waals surface area contributed by atoms with Crippen molar-refractivity contribution in [1.29, 1.82) is 0 Å². The predicted molar refractivity (Wildman–Crippen MR) is 141 cm³/mol. The average Bonchev–Trinajstić information content (AvgIpc) is 2.84. The average molecular weight is 514 g/mol. The van der Waals surface area contributed by atoms with Crippen LogP contribution in [0.25, 0.3) is 11.1 Å². The Morgan fingerprint density at radius 1 is 1.08 bits per heavy atom. The molecular formula is C29H33ClFNO4. The second-order valence-corrected chi connectivity index (χ2v) is 10.1. The molecule has 0 aliphatic carbocycles. The van der Waals surface area contributed by atoms with Crippen LogP contribution in [-0.2, 0) is 17.6 Å². The number of nitrogens with one attached hydrogen (secondary N) is 1. The van der Waals surface area contributed by atoms with Gasteiger partial charge in [0.25, 0.3) is 0 Å². The van der Waals surface area contributed by atoms with Gasteiger partial charge in [0, 0.05) is 12.1 Å². The van der Waals surface area contributed by atoms with E-state index in [-0.39, 0.29) is 28.8 Å². The van der Waals surface area contributed by atoms with Crippen molar-refractivity contribution in [3.63, 3.8) is 0 Å². The van der Waals surface area contributed by atoms with Crippen LogP contribution in [0.4, 0.5) is 4.39 Å². The summed E-state index contributed by atoms with van der Waals surface area (Å²) in [5.41, 5.74) is 3.29. The van der Waals surface area contributed by atoms with Crippen LogP contribution in [0.2, 0.25) is 5.02 Å². The Morgan fingerprint density at radius 3 is 2.47 bits per heavy atom. The summed E-state index contributed by atoms with van der Waals surface area (Å²) in [6.07, 6.45) is -0.103. The first kappa shape index (κ1) is 27.8. The fourth-order valence-electron chi connectivity index (χ4n) is 4.10. The summed E-state index contributed by atoms with van der Waals surface area (Å²) in [4.78, 5) is 11.7. The van der Waals surface area contributed by atoms with E-state index in [1.54, 1.807) is 12.1 Å². The second-order valence-electron chi connectivity index (χ2n) is 9.74. The van der Waals surface area contributed by atoms with Gasteiger partial charge in [-0.25, -0.2) is 9.18 Å². The maximum Gasteiger partial charge on any atom is 0.335 e. The molecule has 0 saturated carbocycles. The van der Waals surface area contributed by atoms with Crippen LogP contribution in [0.3, 0.4) is 0 Å². The lowest BCUT2D eigenvalue weighted by atomic mass is 9.94. The van der Waals surface area contributed by atoms with E-state index in [4.69, 9.17) is 16.3 Å². The summed E-state index contributed by atoms with van der Waals surface area (Å²) in [6, 6.07) is 19.8. The van der Waals surface area contributed by atoms with Crippen LogP contribution >= 0.6 is 11.6 Å². The minimum atomic E-state index is -0.983. The van der Waals surface area contributed by atoms with Gasteiger partial charge in [-0.1, -0.05) is 60.1 Å². The SMILES string of the molecule is CC(Cc1cc(-c2ccccc2)ccc1C(=O)O)OC[C@H](O)CNC(C)(C)Cc1ccc(Cl)c(F)c1. The van der Waals surface area contributed by atoms with E-state index < -0.39 is 17.9 Å². The van der Waals surface area contributed by atoms with E-state index in [1.807, 2.05) is 63.2 Å². The number of halogens is 2. The molecule has 0 aliphatic rings. The van der Waals surface area contributed by atoms with Gasteiger partial charge in [0.05, 0.1) is 29.4 Å². The van der Waals surface area contributed by atoms with Crippen molar-refractivity contribution in [2.45, 2.75) is 51.4 Å². The van der Waals surface area contributed by atoms with Crippen LogP contribution in [0, 0.1) is 5.82 Å². The van der Waals surface area contributed by atoms with Crippen LogP contribution in [0.15, 0.2) is 66.7 Å². The summed E-state index contributed by atoms with van der Waals surface area (Å²) in [5.74, 6) is -1.43. The third-order valence-electron chi connectivity index (χ3n) is 5.97. The Balaban J connectivity index is 1.53. The zero-order valence-corrected chi connectivity index (χ0v) is 21.6. The topological polar surface area (TPSA) is 78.8 Å². The van der Waals surface area contributed by atoms with Crippen LogP contribution in [0.5, 0.6) is 0 Å². The highest BCUT2D eigenvalue weighted by Gasteiger charge is 2.21. The van der Waals surface area contributed by atoms with Gasteiger partial charge in [-0.15, -0.1) is 0 Å². The van der Waals surface area contributed by atoms with Crippen molar-refractivity contribution in [2.24, 2.45) is 0 Å². The molecule has 3 rings (SSSR count). The molecule has 0 fully saturated rings. The van der Waals surface area contributed by atoms with E-state index >= 15 is 0 Å². The summed E-state index contributed by atoms with van der Waals surface area (Å²) >= 11 is 5.76. The molecule has 36 heavy (non-hydrogen) atoms. The number of benzene rings is 3. The molecule has 0 bridgehead atoms. The monoisotopic (exact) mass is 513 g/mol. The number of aromatic carboxylic acids is 1. The van der Waals surface area contributed by atoms with E-state index in [2.05, 4.69) is 5.32 Å². The Kier molecular flexibility index (Phi) is 9.63. The Hall–Kier alpha value is -2.77. The first-order valence-corrected chi connectivity index (χ1v) is 12.3. The number of carboxylic acids is 1. The van der Waals surface area contributed by atoms with E-state index in [0.29, 0.717) is 24.9 Å². The van der Waals surface area contributed by atoms with Crippen molar-refractivity contribution in [3.8, 4) is 11.1 Å². The minimum absolute atomic E-state index is 0.0912. The molecule has 0 saturated heterocycles. The van der Waals surface area contributed by atoms with Crippen LogP contribution in [-0.4, -0.2) is 47.1 Å². The van der Waals surface area contributed by atoms with Gasteiger partial charge < -0.3 is 20.3 Å². The first-order valence-electron chi connectivity index (χ1n) is 11.9. The van der Waals surface area contributed by atoms with Crippen LogP contribution in [0.1, 0.15) is 42.3 Å². The van der Waals surface area contributed by atoms with Crippen molar-refractivity contribution in [1.82, 2.24) is 5.32 Å². The normalized spacial score (nSPS) is 13.4. The summed E-state index contributed by atoms with van der Waals surface area (Å²) in [5, 5.41) is 23.5. The molecule has 7 heteroatoms.